The quantitative estimate of drug-likeness (QED) is 0.125. The zero-order valence-corrected chi connectivity index (χ0v) is 18.3. The normalized spacial score (nSPS) is 10.4. The van der Waals surface area contributed by atoms with E-state index in [0.29, 0.717) is 0 Å². The fourth-order valence-corrected chi connectivity index (χ4v) is 3.00. The third-order valence-corrected chi connectivity index (χ3v) is 4.11. The van der Waals surface area contributed by atoms with Crippen LogP contribution in [0.2, 0.25) is 0 Å². The summed E-state index contributed by atoms with van der Waals surface area (Å²) in [5.74, 6) is -0.350. The minimum Gasteiger partial charge on any atom is -0.512 e. The maximum absolute atomic E-state index is 13.1. The van der Waals surface area contributed by atoms with Gasteiger partial charge >= 0.3 is 0 Å². The van der Waals surface area contributed by atoms with Gasteiger partial charge in [0, 0.05) is 38.2 Å². The van der Waals surface area contributed by atoms with Crippen molar-refractivity contribution in [3.05, 3.63) is 90.6 Å². The van der Waals surface area contributed by atoms with Crippen LogP contribution in [0.1, 0.15) is 21.3 Å². The maximum Gasteiger partial charge on any atom is 0.155 e. The van der Waals surface area contributed by atoms with E-state index in [1.807, 2.05) is 18.2 Å². The van der Waals surface area contributed by atoms with Crippen LogP contribution in [0, 0.1) is 11.9 Å². The van der Waals surface area contributed by atoms with E-state index in [1.165, 1.54) is 42.8 Å². The van der Waals surface area contributed by atoms with Crippen molar-refractivity contribution >= 4 is 27.3 Å². The first-order valence-electron chi connectivity index (χ1n) is 8.77. The van der Waals surface area contributed by atoms with E-state index < -0.39 is 0 Å². The number of allylic oxidation sites excluding steroid dienone is 2. The van der Waals surface area contributed by atoms with Crippen LogP contribution in [-0.2, 0) is 24.9 Å². The van der Waals surface area contributed by atoms with Gasteiger partial charge in [0.2, 0.25) is 0 Å². The molecule has 3 aromatic carbocycles. The van der Waals surface area contributed by atoms with E-state index in [1.54, 1.807) is 12.3 Å². The molecule has 0 saturated carbocycles. The number of fused-ring (bicyclic) bond motifs is 3. The molecule has 4 aromatic rings. The smallest absolute Gasteiger partial charge is 0.155 e. The van der Waals surface area contributed by atoms with Gasteiger partial charge in [0.15, 0.2) is 5.78 Å². The topological polar surface area (TPSA) is 50.2 Å². The summed E-state index contributed by atoms with van der Waals surface area (Å²) in [4.78, 5) is 14.5. The molecular formula is C25H23FIrNO2-. The number of hydrogen-bond donors (Lipinski definition) is 1. The number of hydrogen-bond acceptors (Lipinski definition) is 3. The second-order valence-electron chi connectivity index (χ2n) is 6.36. The Bertz CT molecular complexity index is 1170. The van der Waals surface area contributed by atoms with Gasteiger partial charge in [-0.2, -0.15) is 0 Å². The summed E-state index contributed by atoms with van der Waals surface area (Å²) >= 11 is 0. The summed E-state index contributed by atoms with van der Waals surface area (Å²) in [6, 6.07) is 21.9. The number of rotatable bonds is 2. The van der Waals surface area contributed by atoms with Crippen molar-refractivity contribution < 1.29 is 34.4 Å². The molecule has 1 N–H and O–H groups in total. The number of aliphatic hydroxyl groups excluding tert-OH is 1. The van der Waals surface area contributed by atoms with Crippen LogP contribution in [-0.4, -0.2) is 15.9 Å². The van der Waals surface area contributed by atoms with Crippen LogP contribution in [0.3, 0.4) is 0 Å². The Morgan fingerprint density at radius 1 is 1.00 bits per heavy atom. The number of carbonyl (C=O) groups is 1. The minimum atomic E-state index is -0.288. The Hall–Kier alpha value is -2.88. The Morgan fingerprint density at radius 3 is 2.33 bits per heavy atom. The van der Waals surface area contributed by atoms with Crippen molar-refractivity contribution in [2.45, 2.75) is 21.3 Å². The molecule has 0 atom stereocenters. The predicted octanol–water partition coefficient (Wildman–Crippen LogP) is 6.67. The SMILES string of the molecule is C.CC(=O)C=C(C)O.Fc1c[c-]c(-c2nccc3c2ccc2ccccc23)cc1.[Ir]. The zero-order valence-electron chi connectivity index (χ0n) is 15.9. The number of halogens is 1. The molecule has 1 aromatic heterocycles. The number of pyridine rings is 1. The van der Waals surface area contributed by atoms with Gasteiger partial charge in [-0.05, 0) is 47.2 Å². The number of ketones is 1. The first-order chi connectivity index (χ1) is 13.5. The van der Waals surface area contributed by atoms with Crippen LogP contribution in [0.5, 0.6) is 0 Å². The van der Waals surface area contributed by atoms with Crippen molar-refractivity contribution in [1.82, 2.24) is 4.98 Å². The van der Waals surface area contributed by atoms with E-state index in [0.717, 1.165) is 22.0 Å². The Labute approximate surface area is 189 Å². The van der Waals surface area contributed by atoms with Gasteiger partial charge < -0.3 is 10.1 Å². The molecule has 1 heterocycles. The fourth-order valence-electron chi connectivity index (χ4n) is 3.00. The van der Waals surface area contributed by atoms with Crippen molar-refractivity contribution in [3.63, 3.8) is 0 Å². The summed E-state index contributed by atoms with van der Waals surface area (Å²) in [5, 5.41) is 13.0. The summed E-state index contributed by atoms with van der Waals surface area (Å²) in [6.45, 7) is 2.85. The third kappa shape index (κ3) is 6.06. The Morgan fingerprint density at radius 2 is 1.73 bits per heavy atom. The van der Waals surface area contributed by atoms with Gasteiger partial charge in [-0.3, -0.25) is 9.18 Å². The average Bonchev–Trinajstić information content (AvgIpc) is 2.67. The number of carbonyl (C=O) groups excluding carboxylic acids is 1. The summed E-state index contributed by atoms with van der Waals surface area (Å²) in [7, 11) is 0. The monoisotopic (exact) mass is 581 g/mol. The number of nitrogens with zero attached hydrogens (tertiary/aromatic N) is 1. The van der Waals surface area contributed by atoms with Crippen LogP contribution in [0.25, 0.3) is 32.8 Å². The second-order valence-corrected chi connectivity index (χ2v) is 6.36. The molecule has 0 fully saturated rings. The molecule has 30 heavy (non-hydrogen) atoms. The standard InChI is InChI=1S/C19H11FN.C5H8O2.CH4.Ir/c20-15-8-5-14(6-9-15)19-18-10-7-13-3-1-2-4-16(13)17(18)11-12-21-19;1-4(6)3-5(2)7;;/h1-5,7-12H;3,6H,1-2H3;1H4;/q-1;;;. The Kier molecular flexibility index (Phi) is 9.51. The number of aliphatic hydroxyl groups is 1. The van der Waals surface area contributed by atoms with Crippen molar-refractivity contribution in [2.24, 2.45) is 0 Å². The van der Waals surface area contributed by atoms with E-state index in [-0.39, 0.29) is 44.9 Å². The van der Waals surface area contributed by atoms with Crippen LogP contribution < -0.4 is 0 Å². The van der Waals surface area contributed by atoms with E-state index >= 15 is 0 Å². The van der Waals surface area contributed by atoms with Crippen LogP contribution in [0.15, 0.2) is 78.7 Å². The third-order valence-electron chi connectivity index (χ3n) is 4.11. The number of aromatic nitrogens is 1. The van der Waals surface area contributed by atoms with Crippen molar-refractivity contribution in [3.8, 4) is 11.3 Å². The summed E-state index contributed by atoms with van der Waals surface area (Å²) in [6.07, 6.45) is 2.96. The molecule has 0 aliphatic heterocycles. The van der Waals surface area contributed by atoms with Gasteiger partial charge in [-0.15, -0.1) is 29.8 Å². The van der Waals surface area contributed by atoms with Gasteiger partial charge in [0.1, 0.15) is 0 Å². The molecule has 0 amide bonds. The van der Waals surface area contributed by atoms with E-state index in [9.17, 15) is 9.18 Å². The van der Waals surface area contributed by atoms with Crippen molar-refractivity contribution in [1.29, 1.82) is 0 Å². The molecule has 0 saturated heterocycles. The molecule has 0 spiro atoms. The molecule has 0 bridgehead atoms. The largest absolute Gasteiger partial charge is 0.512 e. The molecule has 0 aliphatic rings. The first-order valence-corrected chi connectivity index (χ1v) is 8.77. The van der Waals surface area contributed by atoms with Gasteiger partial charge in [-0.1, -0.05) is 43.8 Å². The van der Waals surface area contributed by atoms with Gasteiger partial charge in [0.05, 0.1) is 5.76 Å². The molecule has 0 aliphatic carbocycles. The summed E-state index contributed by atoms with van der Waals surface area (Å²) < 4.78 is 13.1. The molecule has 4 rings (SSSR count). The minimum absolute atomic E-state index is 0. The maximum atomic E-state index is 13.1. The van der Waals surface area contributed by atoms with Gasteiger partial charge in [-0.25, -0.2) is 0 Å². The molecule has 1 radical (unpaired) electrons. The van der Waals surface area contributed by atoms with Crippen molar-refractivity contribution in [2.75, 3.05) is 0 Å². The zero-order chi connectivity index (χ0) is 20.1. The molecular weight excluding hydrogens is 557 g/mol. The molecule has 5 heteroatoms. The molecule has 0 unspecified atom stereocenters. The fraction of sp³-hybridized carbons (Fsp3) is 0.120. The number of benzene rings is 3. The first kappa shape index (κ1) is 25.2. The Balaban J connectivity index is 0.000000439. The van der Waals surface area contributed by atoms with Crippen LogP contribution >= 0.6 is 0 Å². The summed E-state index contributed by atoms with van der Waals surface area (Å²) in [5.41, 5.74) is 1.63. The average molecular weight is 581 g/mol. The van der Waals surface area contributed by atoms with Crippen LogP contribution in [0.4, 0.5) is 4.39 Å². The van der Waals surface area contributed by atoms with Gasteiger partial charge in [0.25, 0.3) is 0 Å². The molecule has 157 valence electrons. The predicted molar refractivity (Wildman–Crippen MR) is 117 cm³/mol. The molecule has 3 nitrogen and oxygen atoms in total. The van der Waals surface area contributed by atoms with E-state index in [2.05, 4.69) is 35.3 Å². The second kappa shape index (κ2) is 11.3. The van der Waals surface area contributed by atoms with E-state index in [4.69, 9.17) is 5.11 Å².